The van der Waals surface area contributed by atoms with Gasteiger partial charge in [-0.15, -0.1) is 0 Å². The highest BCUT2D eigenvalue weighted by atomic mass is 127. The predicted molar refractivity (Wildman–Crippen MR) is 42.3 cm³/mol. The van der Waals surface area contributed by atoms with E-state index in [0.717, 1.165) is 9.26 Å². The predicted octanol–water partition coefficient (Wildman–Crippen LogP) is 0.683. The minimum atomic E-state index is -0.284. The molecule has 4 heteroatoms. The molecule has 1 N–H and O–H groups in total. The molecule has 0 radical (unpaired) electrons. The smallest absolute Gasteiger partial charge is 0.309 e. The van der Waals surface area contributed by atoms with E-state index in [1.807, 2.05) is 6.92 Å². The van der Waals surface area contributed by atoms with Crippen molar-refractivity contribution in [3.8, 4) is 0 Å². The van der Waals surface area contributed by atoms with Gasteiger partial charge < -0.3 is 4.98 Å². The van der Waals surface area contributed by atoms with Gasteiger partial charge in [-0.2, -0.15) is 0 Å². The highest BCUT2D eigenvalue weighted by Crippen LogP contribution is 2.01. The van der Waals surface area contributed by atoms with E-state index in [-0.39, 0.29) is 5.69 Å². The van der Waals surface area contributed by atoms with E-state index in [2.05, 4.69) is 32.6 Å². The SMILES string of the molecule is Cc1[nH]c(=O)ncc1I. The molecule has 0 atom stereocenters. The number of aryl methyl sites for hydroxylation is 1. The van der Waals surface area contributed by atoms with Crippen LogP contribution in [0, 0.1) is 10.5 Å². The number of H-pyrrole nitrogens is 1. The number of aromatic amines is 1. The largest absolute Gasteiger partial charge is 0.345 e. The monoisotopic (exact) mass is 236 g/mol. The summed E-state index contributed by atoms with van der Waals surface area (Å²) in [7, 11) is 0. The highest BCUT2D eigenvalue weighted by molar-refractivity contribution is 14.1. The van der Waals surface area contributed by atoms with Crippen LogP contribution in [-0.4, -0.2) is 9.97 Å². The van der Waals surface area contributed by atoms with Crippen LogP contribution in [0.1, 0.15) is 5.69 Å². The molecule has 0 amide bonds. The van der Waals surface area contributed by atoms with Gasteiger partial charge in [0.25, 0.3) is 0 Å². The van der Waals surface area contributed by atoms with Crippen molar-refractivity contribution in [3.63, 3.8) is 0 Å². The Hall–Kier alpha value is -0.390. The third kappa shape index (κ3) is 1.51. The summed E-state index contributed by atoms with van der Waals surface area (Å²) in [5.41, 5.74) is 0.587. The number of hydrogen-bond acceptors (Lipinski definition) is 2. The molecule has 1 aromatic heterocycles. The van der Waals surface area contributed by atoms with Crippen LogP contribution in [-0.2, 0) is 0 Å². The summed E-state index contributed by atoms with van der Waals surface area (Å²) in [4.78, 5) is 16.6. The van der Waals surface area contributed by atoms with Crippen LogP contribution in [0.3, 0.4) is 0 Å². The van der Waals surface area contributed by atoms with Crippen molar-refractivity contribution in [1.82, 2.24) is 9.97 Å². The molecule has 1 aromatic rings. The number of hydrogen-bond donors (Lipinski definition) is 1. The first-order valence-electron chi connectivity index (χ1n) is 2.41. The molecule has 0 saturated heterocycles. The van der Waals surface area contributed by atoms with Gasteiger partial charge in [0, 0.05) is 11.9 Å². The van der Waals surface area contributed by atoms with Gasteiger partial charge in [0.2, 0.25) is 0 Å². The van der Waals surface area contributed by atoms with E-state index in [0.29, 0.717) is 0 Å². The number of rotatable bonds is 0. The lowest BCUT2D eigenvalue weighted by molar-refractivity contribution is 1.01. The van der Waals surface area contributed by atoms with E-state index in [1.54, 1.807) is 6.20 Å². The third-order valence-electron chi connectivity index (χ3n) is 0.948. The van der Waals surface area contributed by atoms with E-state index in [9.17, 15) is 4.79 Å². The van der Waals surface area contributed by atoms with Gasteiger partial charge in [-0.25, -0.2) is 9.78 Å². The first kappa shape index (κ1) is 6.73. The fraction of sp³-hybridized carbons (Fsp3) is 0.200. The lowest BCUT2D eigenvalue weighted by Gasteiger charge is -1.91. The Morgan fingerprint density at radius 3 is 2.89 bits per heavy atom. The van der Waals surface area contributed by atoms with Crippen molar-refractivity contribution < 1.29 is 0 Å². The van der Waals surface area contributed by atoms with Crippen molar-refractivity contribution in [1.29, 1.82) is 0 Å². The van der Waals surface area contributed by atoms with Crippen molar-refractivity contribution in [3.05, 3.63) is 25.9 Å². The molecule has 1 rings (SSSR count). The van der Waals surface area contributed by atoms with Crippen molar-refractivity contribution in [2.24, 2.45) is 0 Å². The standard InChI is InChI=1S/C5H5IN2O/c1-3-4(6)2-7-5(9)8-3/h2H,1H3,(H,7,8,9). The Morgan fingerprint density at radius 2 is 2.44 bits per heavy atom. The van der Waals surface area contributed by atoms with Crippen LogP contribution in [0.2, 0.25) is 0 Å². The average molecular weight is 236 g/mol. The molecule has 0 bridgehead atoms. The Kier molecular flexibility index (Phi) is 1.84. The normalized spacial score (nSPS) is 9.56. The second-order valence-electron chi connectivity index (χ2n) is 1.66. The Morgan fingerprint density at radius 1 is 1.78 bits per heavy atom. The highest BCUT2D eigenvalue weighted by Gasteiger charge is 1.91. The molecule has 0 aromatic carbocycles. The molecule has 0 aliphatic rings. The minimum Gasteiger partial charge on any atom is -0.309 e. The number of nitrogens with one attached hydrogen (secondary N) is 1. The summed E-state index contributed by atoms with van der Waals surface area (Å²) in [5.74, 6) is 0. The Balaban J connectivity index is 3.34. The topological polar surface area (TPSA) is 45.8 Å². The van der Waals surface area contributed by atoms with Crippen molar-refractivity contribution in [2.75, 3.05) is 0 Å². The molecule has 9 heavy (non-hydrogen) atoms. The maximum atomic E-state index is 10.5. The number of halogens is 1. The van der Waals surface area contributed by atoms with E-state index >= 15 is 0 Å². The molecule has 0 unspecified atom stereocenters. The van der Waals surface area contributed by atoms with Gasteiger partial charge in [0.1, 0.15) is 0 Å². The van der Waals surface area contributed by atoms with E-state index in [4.69, 9.17) is 0 Å². The first-order chi connectivity index (χ1) is 4.20. The first-order valence-corrected chi connectivity index (χ1v) is 3.49. The summed E-state index contributed by atoms with van der Waals surface area (Å²) >= 11 is 2.11. The van der Waals surface area contributed by atoms with Gasteiger partial charge in [-0.3, -0.25) is 0 Å². The second-order valence-corrected chi connectivity index (χ2v) is 2.82. The van der Waals surface area contributed by atoms with Crippen LogP contribution >= 0.6 is 22.6 Å². The fourth-order valence-electron chi connectivity index (χ4n) is 0.465. The van der Waals surface area contributed by atoms with Crippen LogP contribution in [0.25, 0.3) is 0 Å². The lowest BCUT2D eigenvalue weighted by atomic mass is 10.5. The molecule has 0 aliphatic heterocycles. The van der Waals surface area contributed by atoms with Crippen LogP contribution in [0.5, 0.6) is 0 Å². The average Bonchev–Trinajstić information content (AvgIpc) is 1.80. The molecule has 1 heterocycles. The van der Waals surface area contributed by atoms with Crippen molar-refractivity contribution in [2.45, 2.75) is 6.92 Å². The summed E-state index contributed by atoms with van der Waals surface area (Å²) in [6.07, 6.45) is 1.55. The van der Waals surface area contributed by atoms with Crippen LogP contribution < -0.4 is 5.69 Å². The van der Waals surface area contributed by atoms with Crippen LogP contribution in [0.15, 0.2) is 11.0 Å². The van der Waals surface area contributed by atoms with Gasteiger partial charge in [-0.1, -0.05) is 0 Å². The quantitative estimate of drug-likeness (QED) is 0.673. The molecule has 0 spiro atoms. The maximum absolute atomic E-state index is 10.5. The summed E-state index contributed by atoms with van der Waals surface area (Å²) in [5, 5.41) is 0. The van der Waals surface area contributed by atoms with Gasteiger partial charge in [-0.05, 0) is 29.5 Å². The lowest BCUT2D eigenvalue weighted by Crippen LogP contribution is -2.11. The molecular weight excluding hydrogens is 231 g/mol. The van der Waals surface area contributed by atoms with E-state index in [1.165, 1.54) is 0 Å². The second kappa shape index (κ2) is 2.47. The zero-order valence-corrected chi connectivity index (χ0v) is 6.97. The molecule has 48 valence electrons. The fourth-order valence-corrected chi connectivity index (χ4v) is 0.739. The van der Waals surface area contributed by atoms with Gasteiger partial charge in [0.05, 0.1) is 3.57 Å². The molecular formula is C5H5IN2O. The maximum Gasteiger partial charge on any atom is 0.345 e. The summed E-state index contributed by atoms with van der Waals surface area (Å²) < 4.78 is 0.979. The van der Waals surface area contributed by atoms with Gasteiger partial charge in [0.15, 0.2) is 0 Å². The summed E-state index contributed by atoms with van der Waals surface area (Å²) in [6.45, 7) is 1.84. The zero-order chi connectivity index (χ0) is 6.85. The zero-order valence-electron chi connectivity index (χ0n) is 4.81. The van der Waals surface area contributed by atoms with Gasteiger partial charge >= 0.3 is 5.69 Å². The minimum absolute atomic E-state index is 0.284. The molecule has 0 saturated carbocycles. The molecule has 0 aliphatic carbocycles. The molecule has 3 nitrogen and oxygen atoms in total. The van der Waals surface area contributed by atoms with Crippen LogP contribution in [0.4, 0.5) is 0 Å². The third-order valence-corrected chi connectivity index (χ3v) is 2.04. The van der Waals surface area contributed by atoms with E-state index < -0.39 is 0 Å². The Labute approximate surface area is 65.7 Å². The number of aromatic nitrogens is 2. The van der Waals surface area contributed by atoms with Crippen molar-refractivity contribution >= 4 is 22.6 Å². The Bertz CT molecular complexity index is 268. The summed E-state index contributed by atoms with van der Waals surface area (Å²) in [6, 6.07) is 0. The number of nitrogens with zero attached hydrogens (tertiary/aromatic N) is 1. The molecule has 0 fully saturated rings.